The van der Waals surface area contributed by atoms with Crippen LogP contribution in [0.1, 0.15) is 60.0 Å². The fourth-order valence-electron chi connectivity index (χ4n) is 9.42. The van der Waals surface area contributed by atoms with Crippen LogP contribution in [0.2, 0.25) is 0 Å². The van der Waals surface area contributed by atoms with Crippen molar-refractivity contribution >= 4 is 49.8 Å². The van der Waals surface area contributed by atoms with Crippen molar-refractivity contribution in [1.82, 2.24) is 24.6 Å². The number of aryl methyl sites for hydroxylation is 1. The Balaban J connectivity index is 0.775. The number of nitrogens with one attached hydrogen (secondary N) is 1. The van der Waals surface area contributed by atoms with E-state index >= 15 is 0 Å². The second kappa shape index (κ2) is 16.0. The number of piperidine rings is 2. The highest BCUT2D eigenvalue weighted by molar-refractivity contribution is 7.23. The van der Waals surface area contributed by atoms with Crippen molar-refractivity contribution in [3.8, 4) is 22.6 Å². The van der Waals surface area contributed by atoms with Crippen LogP contribution in [0.15, 0.2) is 47.4 Å². The first kappa shape index (κ1) is 38.6. The number of carbonyl (C=O) groups excluding carboxylic acids is 3. The molecule has 4 fully saturated rings. The Kier molecular flexibility index (Phi) is 10.7. The summed E-state index contributed by atoms with van der Waals surface area (Å²) in [4.78, 5) is 62.0. The lowest BCUT2D eigenvalue weighted by atomic mass is 9.92. The van der Waals surface area contributed by atoms with Crippen molar-refractivity contribution in [2.24, 2.45) is 13.0 Å². The van der Waals surface area contributed by atoms with Crippen LogP contribution >= 0.6 is 11.3 Å². The van der Waals surface area contributed by atoms with Gasteiger partial charge in [-0.1, -0.05) is 6.07 Å². The number of ether oxygens (including phenoxy) is 2. The largest absolute Gasteiger partial charge is 0.496 e. The van der Waals surface area contributed by atoms with Gasteiger partial charge in [0.25, 0.3) is 11.5 Å². The number of thiophene rings is 1. The number of hydrogen-bond acceptors (Lipinski definition) is 11. The molecule has 7 heterocycles. The number of likely N-dealkylation sites (tertiary alicyclic amines) is 1. The molecular formula is C44H53N7O6S. The molecule has 9 rings (SSSR count). The van der Waals surface area contributed by atoms with Gasteiger partial charge in [-0.25, -0.2) is 0 Å². The number of pyridine rings is 1. The second-order valence-corrected chi connectivity index (χ2v) is 17.6. The molecule has 58 heavy (non-hydrogen) atoms. The molecule has 4 saturated heterocycles. The molecule has 1 atom stereocenters. The van der Waals surface area contributed by atoms with Gasteiger partial charge in [-0.15, -0.1) is 11.3 Å². The second-order valence-electron chi connectivity index (χ2n) is 16.6. The number of aromatic nitrogens is 1. The van der Waals surface area contributed by atoms with Gasteiger partial charge in [0.05, 0.1) is 34.9 Å². The lowest BCUT2D eigenvalue weighted by molar-refractivity contribution is -0.136. The molecule has 14 heteroatoms. The van der Waals surface area contributed by atoms with Gasteiger partial charge in [0.2, 0.25) is 11.8 Å². The fourth-order valence-corrected chi connectivity index (χ4v) is 10.7. The summed E-state index contributed by atoms with van der Waals surface area (Å²) in [5.74, 6) is 1.52. The summed E-state index contributed by atoms with van der Waals surface area (Å²) in [6, 6.07) is 11.8. The maximum Gasteiger partial charge on any atom is 0.259 e. The van der Waals surface area contributed by atoms with Crippen molar-refractivity contribution in [2.45, 2.75) is 57.7 Å². The summed E-state index contributed by atoms with van der Waals surface area (Å²) in [5.41, 5.74) is 5.73. The van der Waals surface area contributed by atoms with E-state index < -0.39 is 6.04 Å². The molecule has 1 unspecified atom stereocenters. The molecule has 3 amide bonds. The maximum absolute atomic E-state index is 13.4. The van der Waals surface area contributed by atoms with Gasteiger partial charge in [0, 0.05) is 88.8 Å². The van der Waals surface area contributed by atoms with Crippen LogP contribution < -0.4 is 30.1 Å². The van der Waals surface area contributed by atoms with Crippen molar-refractivity contribution < 1.29 is 23.9 Å². The first-order valence-electron chi connectivity index (χ1n) is 20.8. The Morgan fingerprint density at radius 1 is 0.810 bits per heavy atom. The van der Waals surface area contributed by atoms with E-state index in [0.29, 0.717) is 24.4 Å². The van der Waals surface area contributed by atoms with E-state index in [2.05, 4.69) is 49.2 Å². The van der Waals surface area contributed by atoms with Gasteiger partial charge in [-0.2, -0.15) is 0 Å². The van der Waals surface area contributed by atoms with Gasteiger partial charge >= 0.3 is 0 Å². The smallest absolute Gasteiger partial charge is 0.259 e. The quantitative estimate of drug-likeness (QED) is 0.214. The van der Waals surface area contributed by atoms with Crippen LogP contribution in [0.3, 0.4) is 0 Å². The van der Waals surface area contributed by atoms with Gasteiger partial charge in [-0.3, -0.25) is 34.3 Å². The Hall–Kier alpha value is -4.92. The summed E-state index contributed by atoms with van der Waals surface area (Å²) >= 11 is 1.69. The molecule has 4 aromatic rings. The molecule has 306 valence electrons. The Bertz CT molecular complexity index is 2280. The van der Waals surface area contributed by atoms with Gasteiger partial charge in [0.1, 0.15) is 17.5 Å². The van der Waals surface area contributed by atoms with E-state index in [9.17, 15) is 19.2 Å². The molecule has 2 aromatic heterocycles. The number of methoxy groups -OCH3 is 2. The molecule has 2 aromatic carbocycles. The van der Waals surface area contributed by atoms with Crippen LogP contribution in [-0.2, 0) is 29.7 Å². The summed E-state index contributed by atoms with van der Waals surface area (Å²) in [5, 5.41) is 4.30. The number of hydrogen-bond donors (Lipinski definition) is 1. The Labute approximate surface area is 343 Å². The van der Waals surface area contributed by atoms with E-state index in [1.807, 2.05) is 25.4 Å². The monoisotopic (exact) mass is 807 g/mol. The third-order valence-electron chi connectivity index (χ3n) is 13.1. The molecule has 5 aliphatic heterocycles. The number of nitrogens with zero attached hydrogens (tertiary/aromatic N) is 6. The van der Waals surface area contributed by atoms with E-state index in [-0.39, 0.29) is 29.7 Å². The lowest BCUT2D eigenvalue weighted by Gasteiger charge is -2.38. The van der Waals surface area contributed by atoms with Crippen molar-refractivity contribution in [3.05, 3.63) is 69.6 Å². The lowest BCUT2D eigenvalue weighted by Crippen LogP contribution is -2.52. The number of amides is 3. The van der Waals surface area contributed by atoms with Gasteiger partial charge in [-0.05, 0) is 99.1 Å². The summed E-state index contributed by atoms with van der Waals surface area (Å²) in [6.45, 7) is 10.2. The molecule has 13 nitrogen and oxygen atoms in total. The topological polar surface area (TPSA) is 120 Å². The predicted molar refractivity (Wildman–Crippen MR) is 226 cm³/mol. The number of fused-ring (bicyclic) bond motifs is 2. The number of piperazine rings is 1. The standard InChI is InChI=1S/C44H53N7O6S/c1-46-26-34(41-33(43(46)54)24-40(58-41)50-12-4-13-50)30-21-37(56-2)35(38(22-30)57-3)27-48-15-10-28(11-16-48)9-14-47-17-19-49(20-18-47)31-6-5-29-25-51(44(55)32(29)23-31)36-7-8-39(52)45-42(36)53/h5-6,21-24,26,28,36H,4,7-20,25,27H2,1-3H3,(H,45,52,53). The SMILES string of the molecule is COc1cc(-c2cn(C)c(=O)c3cc(N4CCC4)sc23)cc(OC)c1CN1CCC(CCN2CCN(c3ccc4c(c3)C(=O)N(C3CCC(=O)NC3=O)C4)CC2)CC1. The molecule has 0 radical (unpaired) electrons. The van der Waals surface area contributed by atoms with Crippen molar-refractivity contribution in [3.63, 3.8) is 0 Å². The Morgan fingerprint density at radius 3 is 2.22 bits per heavy atom. The molecule has 0 spiro atoms. The zero-order chi connectivity index (χ0) is 40.1. The molecule has 1 N–H and O–H groups in total. The summed E-state index contributed by atoms with van der Waals surface area (Å²) in [6.07, 6.45) is 7.27. The molecule has 0 saturated carbocycles. The van der Waals surface area contributed by atoms with Crippen molar-refractivity contribution in [2.75, 3.05) is 82.9 Å². The number of rotatable bonds is 11. The average Bonchev–Trinajstić information content (AvgIpc) is 3.79. The molecule has 5 aliphatic rings. The summed E-state index contributed by atoms with van der Waals surface area (Å²) in [7, 11) is 5.27. The molecule has 0 bridgehead atoms. The number of carbonyl (C=O) groups is 3. The predicted octanol–water partition coefficient (Wildman–Crippen LogP) is 4.68. The number of imide groups is 1. The summed E-state index contributed by atoms with van der Waals surface area (Å²) < 4.78 is 14.7. The Morgan fingerprint density at radius 2 is 1.55 bits per heavy atom. The minimum Gasteiger partial charge on any atom is -0.496 e. The van der Waals surface area contributed by atoms with Crippen molar-refractivity contribution in [1.29, 1.82) is 0 Å². The average molecular weight is 808 g/mol. The molecular weight excluding hydrogens is 755 g/mol. The van der Waals surface area contributed by atoms with Crippen LogP contribution in [0, 0.1) is 5.92 Å². The maximum atomic E-state index is 13.4. The third-order valence-corrected chi connectivity index (χ3v) is 14.3. The zero-order valence-electron chi connectivity index (χ0n) is 33.8. The number of benzene rings is 2. The van der Waals surface area contributed by atoms with Crippen LogP contribution in [-0.4, -0.2) is 116 Å². The van der Waals surface area contributed by atoms with Gasteiger partial charge < -0.3 is 28.7 Å². The van der Waals surface area contributed by atoms with Crippen LogP contribution in [0.25, 0.3) is 21.2 Å². The fraction of sp³-hybridized carbons (Fsp3) is 0.500. The van der Waals surface area contributed by atoms with E-state index in [0.717, 1.165) is 133 Å². The van der Waals surface area contributed by atoms with Gasteiger partial charge in [0.15, 0.2) is 0 Å². The highest BCUT2D eigenvalue weighted by Gasteiger charge is 2.39. The van der Waals surface area contributed by atoms with Crippen LogP contribution in [0.4, 0.5) is 10.7 Å². The first-order valence-corrected chi connectivity index (χ1v) is 21.6. The third kappa shape index (κ3) is 7.34. The minimum atomic E-state index is -0.594. The minimum absolute atomic E-state index is 0.0255. The number of anilines is 2. The normalized spacial score (nSPS) is 20.8. The molecule has 0 aliphatic carbocycles. The van der Waals surface area contributed by atoms with E-state index in [1.165, 1.54) is 12.8 Å². The van der Waals surface area contributed by atoms with E-state index in [1.54, 1.807) is 35.0 Å². The van der Waals surface area contributed by atoms with E-state index in [4.69, 9.17) is 9.47 Å². The first-order chi connectivity index (χ1) is 28.2. The highest BCUT2D eigenvalue weighted by Crippen LogP contribution is 2.42. The zero-order valence-corrected chi connectivity index (χ0v) is 34.6. The highest BCUT2D eigenvalue weighted by atomic mass is 32.1. The van der Waals surface area contributed by atoms with Crippen LogP contribution in [0.5, 0.6) is 11.5 Å².